The van der Waals surface area contributed by atoms with E-state index in [0.29, 0.717) is 25.8 Å². The number of nitrogens with zero attached hydrogens (tertiary/aromatic N) is 1. The quantitative estimate of drug-likeness (QED) is 0.568. The van der Waals surface area contributed by atoms with E-state index in [9.17, 15) is 19.5 Å². The summed E-state index contributed by atoms with van der Waals surface area (Å²) in [5.74, 6) is -1.20. The number of carbonyl (C=O) groups is 3. The molecule has 0 aliphatic carbocycles. The van der Waals surface area contributed by atoms with Crippen molar-refractivity contribution in [1.82, 2.24) is 10.2 Å². The van der Waals surface area contributed by atoms with Gasteiger partial charge in [0.05, 0.1) is 19.1 Å². The highest BCUT2D eigenvalue weighted by Gasteiger charge is 2.24. The number of benzene rings is 1. The van der Waals surface area contributed by atoms with Crippen LogP contribution in [0.15, 0.2) is 42.5 Å². The monoisotopic (exact) mass is 388 g/mol. The summed E-state index contributed by atoms with van der Waals surface area (Å²) in [6.07, 6.45) is 5.00. The normalized spacial score (nSPS) is 19.5. The zero-order chi connectivity index (χ0) is 20.2. The van der Waals surface area contributed by atoms with Crippen LogP contribution in [0.1, 0.15) is 31.2 Å². The molecule has 1 heterocycles. The largest absolute Gasteiger partial charge is 0.464 e. The number of cyclic esters (lactones) is 1. The van der Waals surface area contributed by atoms with Crippen LogP contribution in [-0.2, 0) is 25.7 Å². The van der Waals surface area contributed by atoms with Crippen LogP contribution >= 0.6 is 0 Å². The van der Waals surface area contributed by atoms with Crippen LogP contribution in [0.3, 0.4) is 0 Å². The van der Waals surface area contributed by atoms with E-state index < -0.39 is 5.92 Å². The first-order valence-corrected chi connectivity index (χ1v) is 9.61. The van der Waals surface area contributed by atoms with Gasteiger partial charge in [-0.3, -0.25) is 14.4 Å². The standard InChI is InChI=1S/C21H28N2O5/c24-13-12-23(16-17-7-3-1-4-8-17)19(25)15-18-9-5-2-6-10-20(26)28-14-11-22-21(18)27/h1-5,7-8,18,24H,6,9-16H2,(H,22,27)/b5-2-/t18-/m0/s1. The van der Waals surface area contributed by atoms with E-state index >= 15 is 0 Å². The van der Waals surface area contributed by atoms with Crippen LogP contribution < -0.4 is 5.32 Å². The number of nitrogens with one attached hydrogen (secondary N) is 1. The fourth-order valence-electron chi connectivity index (χ4n) is 2.97. The minimum absolute atomic E-state index is 0.0583. The van der Waals surface area contributed by atoms with Gasteiger partial charge in [-0.25, -0.2) is 0 Å². The van der Waals surface area contributed by atoms with E-state index in [1.54, 1.807) is 4.90 Å². The van der Waals surface area contributed by atoms with Crippen molar-refractivity contribution >= 4 is 17.8 Å². The Morgan fingerprint density at radius 1 is 1.21 bits per heavy atom. The zero-order valence-electron chi connectivity index (χ0n) is 16.0. The van der Waals surface area contributed by atoms with Gasteiger partial charge in [0.2, 0.25) is 11.8 Å². The van der Waals surface area contributed by atoms with E-state index in [2.05, 4.69) is 5.32 Å². The highest BCUT2D eigenvalue weighted by atomic mass is 16.5. The summed E-state index contributed by atoms with van der Waals surface area (Å²) in [7, 11) is 0. The van der Waals surface area contributed by atoms with E-state index in [4.69, 9.17) is 4.74 Å². The van der Waals surface area contributed by atoms with E-state index in [1.807, 2.05) is 42.5 Å². The maximum Gasteiger partial charge on any atom is 0.306 e. The molecule has 2 amide bonds. The molecule has 0 bridgehead atoms. The summed E-state index contributed by atoms with van der Waals surface area (Å²) < 4.78 is 5.03. The molecule has 2 N–H and O–H groups in total. The van der Waals surface area contributed by atoms with Gasteiger partial charge in [0.15, 0.2) is 0 Å². The third-order valence-electron chi connectivity index (χ3n) is 4.50. The Labute approximate surface area is 165 Å². The lowest BCUT2D eigenvalue weighted by Crippen LogP contribution is -2.39. The lowest BCUT2D eigenvalue weighted by atomic mass is 9.98. The number of carbonyl (C=O) groups excluding carboxylic acids is 3. The molecule has 2 rings (SSSR count). The molecular weight excluding hydrogens is 360 g/mol. The number of esters is 1. The summed E-state index contributed by atoms with van der Waals surface area (Å²) in [6.45, 7) is 0.817. The van der Waals surface area contributed by atoms with Crippen molar-refractivity contribution in [3.63, 3.8) is 0 Å². The summed E-state index contributed by atoms with van der Waals surface area (Å²) in [5.41, 5.74) is 0.967. The summed E-state index contributed by atoms with van der Waals surface area (Å²) in [6, 6.07) is 9.54. The molecule has 0 saturated heterocycles. The van der Waals surface area contributed by atoms with Crippen LogP contribution in [0.5, 0.6) is 0 Å². The molecule has 0 aromatic heterocycles. The second kappa shape index (κ2) is 11.9. The average molecular weight is 388 g/mol. The van der Waals surface area contributed by atoms with E-state index in [0.717, 1.165) is 5.56 Å². The Bertz CT molecular complexity index is 675. The lowest BCUT2D eigenvalue weighted by Gasteiger charge is -2.24. The summed E-state index contributed by atoms with van der Waals surface area (Å²) in [5, 5.41) is 12.1. The van der Waals surface area contributed by atoms with E-state index in [-0.39, 0.29) is 50.5 Å². The number of hydrogen-bond donors (Lipinski definition) is 2. The van der Waals surface area contributed by atoms with Gasteiger partial charge in [-0.05, 0) is 18.4 Å². The molecule has 1 aliphatic heterocycles. The zero-order valence-corrected chi connectivity index (χ0v) is 16.0. The first kappa shape index (κ1) is 21.6. The summed E-state index contributed by atoms with van der Waals surface area (Å²) >= 11 is 0. The summed E-state index contributed by atoms with van der Waals surface area (Å²) in [4.78, 5) is 38.3. The second-order valence-corrected chi connectivity index (χ2v) is 6.68. The molecule has 1 aliphatic rings. The van der Waals surface area contributed by atoms with Crippen LogP contribution in [0.25, 0.3) is 0 Å². The first-order chi connectivity index (χ1) is 13.6. The van der Waals surface area contributed by atoms with Gasteiger partial charge < -0.3 is 20.1 Å². The van der Waals surface area contributed by atoms with Crippen LogP contribution in [0, 0.1) is 5.92 Å². The Hall–Kier alpha value is -2.67. The lowest BCUT2D eigenvalue weighted by molar-refractivity contribution is -0.144. The molecule has 7 nitrogen and oxygen atoms in total. The molecule has 0 unspecified atom stereocenters. The third-order valence-corrected chi connectivity index (χ3v) is 4.50. The number of rotatable bonds is 6. The molecular formula is C21H28N2O5. The van der Waals surface area contributed by atoms with Crippen molar-refractivity contribution in [2.75, 3.05) is 26.3 Å². The number of amides is 2. The average Bonchev–Trinajstić information content (AvgIpc) is 2.69. The maximum atomic E-state index is 12.8. The van der Waals surface area contributed by atoms with E-state index in [1.165, 1.54) is 0 Å². The minimum Gasteiger partial charge on any atom is -0.464 e. The molecule has 0 radical (unpaired) electrons. The second-order valence-electron chi connectivity index (χ2n) is 6.68. The van der Waals surface area contributed by atoms with Gasteiger partial charge in [-0.2, -0.15) is 0 Å². The highest BCUT2D eigenvalue weighted by molar-refractivity contribution is 5.86. The first-order valence-electron chi connectivity index (χ1n) is 9.61. The number of hydrogen-bond acceptors (Lipinski definition) is 5. The van der Waals surface area contributed by atoms with Gasteiger partial charge in [0.25, 0.3) is 0 Å². The van der Waals surface area contributed by atoms with Crippen molar-refractivity contribution in [2.24, 2.45) is 5.92 Å². The topological polar surface area (TPSA) is 95.9 Å². The predicted molar refractivity (Wildman–Crippen MR) is 104 cm³/mol. The molecule has 152 valence electrons. The Morgan fingerprint density at radius 2 is 2.00 bits per heavy atom. The fraction of sp³-hybridized carbons (Fsp3) is 0.476. The van der Waals surface area contributed by atoms with Gasteiger partial charge in [0, 0.05) is 25.9 Å². The van der Waals surface area contributed by atoms with Crippen LogP contribution in [0.2, 0.25) is 0 Å². The molecule has 1 atom stereocenters. The van der Waals surface area contributed by atoms with Gasteiger partial charge >= 0.3 is 5.97 Å². The smallest absolute Gasteiger partial charge is 0.306 e. The van der Waals surface area contributed by atoms with Gasteiger partial charge in [-0.1, -0.05) is 42.5 Å². The van der Waals surface area contributed by atoms with Gasteiger partial charge in [-0.15, -0.1) is 0 Å². The Kier molecular flexibility index (Phi) is 9.21. The van der Waals surface area contributed by atoms with Crippen molar-refractivity contribution in [1.29, 1.82) is 0 Å². The molecule has 28 heavy (non-hydrogen) atoms. The molecule has 1 aromatic rings. The van der Waals surface area contributed by atoms with Gasteiger partial charge in [0.1, 0.15) is 6.61 Å². The molecule has 7 heteroatoms. The third kappa shape index (κ3) is 7.52. The van der Waals surface area contributed by atoms with Crippen LogP contribution in [0.4, 0.5) is 0 Å². The van der Waals surface area contributed by atoms with Crippen LogP contribution in [-0.4, -0.2) is 54.1 Å². The van der Waals surface area contributed by atoms with Crippen molar-refractivity contribution in [3.8, 4) is 0 Å². The van der Waals surface area contributed by atoms with Crippen molar-refractivity contribution < 1.29 is 24.2 Å². The Morgan fingerprint density at radius 3 is 2.75 bits per heavy atom. The Balaban J connectivity index is 2.02. The minimum atomic E-state index is -0.504. The molecule has 0 saturated carbocycles. The number of ether oxygens (including phenoxy) is 1. The molecule has 0 spiro atoms. The fourth-order valence-corrected chi connectivity index (χ4v) is 2.97. The highest BCUT2D eigenvalue weighted by Crippen LogP contribution is 2.15. The van der Waals surface area contributed by atoms with Crippen molar-refractivity contribution in [2.45, 2.75) is 32.2 Å². The number of aliphatic hydroxyl groups excluding tert-OH is 1. The predicted octanol–water partition coefficient (Wildman–Crippen LogP) is 1.41. The molecule has 0 fully saturated rings. The SMILES string of the molecule is O=C1CC/C=C\C[C@@H](CC(=O)N(CCO)Cc2ccccc2)C(=O)NCCO1. The van der Waals surface area contributed by atoms with Crippen molar-refractivity contribution in [3.05, 3.63) is 48.0 Å². The number of allylic oxidation sites excluding steroid dienone is 2. The number of aliphatic hydroxyl groups is 1. The molecule has 1 aromatic carbocycles. The maximum absolute atomic E-state index is 12.8.